The first kappa shape index (κ1) is 23.2. The van der Waals surface area contributed by atoms with E-state index in [0.29, 0.717) is 24.2 Å². The third kappa shape index (κ3) is 5.00. The first-order chi connectivity index (χ1) is 15.8. The Morgan fingerprint density at radius 2 is 2.09 bits per heavy atom. The molecule has 1 fully saturated rings. The number of halogens is 1. The molecule has 1 aliphatic carbocycles. The maximum atomic E-state index is 13.8. The number of hydrogen-bond acceptors (Lipinski definition) is 5. The Labute approximate surface area is 193 Å². The lowest BCUT2D eigenvalue weighted by atomic mass is 9.99. The van der Waals surface area contributed by atoms with Crippen LogP contribution in [0.3, 0.4) is 0 Å². The number of benzene rings is 1. The van der Waals surface area contributed by atoms with Gasteiger partial charge in [0, 0.05) is 37.2 Å². The smallest absolute Gasteiger partial charge is 0.259 e. The Hall–Kier alpha value is -3.00. The number of carbonyl (C=O) groups is 2. The van der Waals surface area contributed by atoms with E-state index in [1.807, 2.05) is 6.92 Å². The van der Waals surface area contributed by atoms with Crippen molar-refractivity contribution in [3.63, 3.8) is 0 Å². The summed E-state index contributed by atoms with van der Waals surface area (Å²) < 4.78 is 20.0. The number of fused-ring (bicyclic) bond motifs is 1. The molecule has 1 aromatic heterocycles. The number of rotatable bonds is 6. The average molecular weight is 456 g/mol. The predicted molar refractivity (Wildman–Crippen MR) is 121 cm³/mol. The first-order valence-electron chi connectivity index (χ1n) is 11.4. The second-order valence-electron chi connectivity index (χ2n) is 9.20. The van der Waals surface area contributed by atoms with Gasteiger partial charge in [0.05, 0.1) is 19.2 Å². The van der Waals surface area contributed by atoms with Crippen LogP contribution >= 0.6 is 0 Å². The number of aromatic nitrogens is 1. The zero-order valence-corrected chi connectivity index (χ0v) is 19.2. The minimum atomic E-state index is -0.407. The van der Waals surface area contributed by atoms with Crippen LogP contribution in [0, 0.1) is 17.7 Å². The monoisotopic (exact) mass is 455 g/mol. The summed E-state index contributed by atoms with van der Waals surface area (Å²) in [6.07, 6.45) is 3.02. The van der Waals surface area contributed by atoms with E-state index in [9.17, 15) is 19.1 Å². The SMILES string of the molecule is C[C@H](CO)N1C[C@H](C)[C@@H](CN(C)C(=O)C2CC2)Oc2ncc(-c3cccc(F)c3)cc2C1=O. The number of amides is 2. The van der Waals surface area contributed by atoms with E-state index in [1.54, 1.807) is 48.2 Å². The number of likely N-dealkylation sites (N-methyl/N-ethyl adjacent to an activating group) is 1. The number of carbonyl (C=O) groups excluding carboxylic acids is 2. The number of pyridine rings is 1. The molecule has 2 aliphatic rings. The molecule has 1 saturated carbocycles. The second kappa shape index (κ2) is 9.47. The molecule has 0 bridgehead atoms. The van der Waals surface area contributed by atoms with Crippen molar-refractivity contribution in [3.05, 3.63) is 47.9 Å². The molecule has 1 aliphatic heterocycles. The van der Waals surface area contributed by atoms with E-state index in [1.165, 1.54) is 12.1 Å². The molecule has 7 nitrogen and oxygen atoms in total. The van der Waals surface area contributed by atoms with E-state index >= 15 is 0 Å². The summed E-state index contributed by atoms with van der Waals surface area (Å²) in [7, 11) is 1.77. The number of aliphatic hydroxyl groups is 1. The predicted octanol–water partition coefficient (Wildman–Crippen LogP) is 2.98. The fourth-order valence-electron chi connectivity index (χ4n) is 4.15. The highest BCUT2D eigenvalue weighted by Crippen LogP contribution is 2.33. The van der Waals surface area contributed by atoms with E-state index in [4.69, 9.17) is 4.74 Å². The van der Waals surface area contributed by atoms with Gasteiger partial charge in [-0.15, -0.1) is 0 Å². The Morgan fingerprint density at radius 3 is 2.76 bits per heavy atom. The molecule has 8 heteroatoms. The van der Waals surface area contributed by atoms with Gasteiger partial charge in [0.1, 0.15) is 17.5 Å². The quantitative estimate of drug-likeness (QED) is 0.724. The van der Waals surface area contributed by atoms with Gasteiger partial charge in [-0.25, -0.2) is 9.37 Å². The molecule has 2 amide bonds. The van der Waals surface area contributed by atoms with Crippen LogP contribution in [-0.2, 0) is 4.79 Å². The Kier molecular flexibility index (Phi) is 6.65. The average Bonchev–Trinajstić information content (AvgIpc) is 3.65. The summed E-state index contributed by atoms with van der Waals surface area (Å²) in [4.78, 5) is 33.7. The van der Waals surface area contributed by atoms with Crippen LogP contribution in [0.5, 0.6) is 5.88 Å². The third-order valence-corrected chi connectivity index (χ3v) is 6.44. The molecule has 4 rings (SSSR count). The Bertz CT molecular complexity index is 1040. The molecule has 0 saturated heterocycles. The maximum Gasteiger partial charge on any atom is 0.259 e. The van der Waals surface area contributed by atoms with Crippen LogP contribution in [-0.4, -0.2) is 70.6 Å². The molecule has 2 heterocycles. The van der Waals surface area contributed by atoms with Gasteiger partial charge in [0.15, 0.2) is 0 Å². The summed E-state index contributed by atoms with van der Waals surface area (Å²) in [6, 6.07) is 7.34. The van der Waals surface area contributed by atoms with Crippen molar-refractivity contribution >= 4 is 11.8 Å². The van der Waals surface area contributed by atoms with Crippen molar-refractivity contribution in [1.29, 1.82) is 0 Å². The zero-order valence-electron chi connectivity index (χ0n) is 19.2. The van der Waals surface area contributed by atoms with E-state index < -0.39 is 6.04 Å². The highest BCUT2D eigenvalue weighted by molar-refractivity contribution is 5.98. The number of ether oxygens (including phenoxy) is 1. The number of nitrogens with zero attached hydrogens (tertiary/aromatic N) is 3. The minimum absolute atomic E-state index is 0.102. The van der Waals surface area contributed by atoms with Gasteiger partial charge in [-0.2, -0.15) is 0 Å². The van der Waals surface area contributed by atoms with Crippen molar-refractivity contribution in [1.82, 2.24) is 14.8 Å². The van der Waals surface area contributed by atoms with Crippen molar-refractivity contribution in [2.75, 3.05) is 26.7 Å². The summed E-state index contributed by atoms with van der Waals surface area (Å²) in [5, 5.41) is 9.78. The number of hydrogen-bond donors (Lipinski definition) is 1. The standard InChI is InChI=1S/C25H30FN3O4/c1-15-12-29(16(2)14-30)25(32)21-10-19(18-5-4-6-20(26)9-18)11-27-23(21)33-22(15)13-28(3)24(31)17-7-8-17/h4-6,9-11,15-17,22,30H,7-8,12-14H2,1-3H3/t15-,16+,22+/m0/s1. The lowest BCUT2D eigenvalue weighted by Crippen LogP contribution is -2.50. The molecule has 0 unspecified atom stereocenters. The normalized spacial score (nSPS) is 21.5. The van der Waals surface area contributed by atoms with Gasteiger partial charge in [0.2, 0.25) is 11.8 Å². The molecule has 2 aromatic rings. The van der Waals surface area contributed by atoms with E-state index in [2.05, 4.69) is 4.98 Å². The van der Waals surface area contributed by atoms with Crippen LogP contribution in [0.2, 0.25) is 0 Å². The molecule has 0 spiro atoms. The van der Waals surface area contributed by atoms with Gasteiger partial charge in [0.25, 0.3) is 5.91 Å². The fourth-order valence-corrected chi connectivity index (χ4v) is 4.15. The van der Waals surface area contributed by atoms with Crippen LogP contribution in [0.25, 0.3) is 11.1 Å². The fraction of sp³-hybridized carbons (Fsp3) is 0.480. The molecular weight excluding hydrogens is 425 g/mol. The molecule has 1 N–H and O–H groups in total. The van der Waals surface area contributed by atoms with Gasteiger partial charge >= 0.3 is 0 Å². The van der Waals surface area contributed by atoms with E-state index in [0.717, 1.165) is 12.8 Å². The van der Waals surface area contributed by atoms with Crippen LogP contribution < -0.4 is 4.74 Å². The first-order valence-corrected chi connectivity index (χ1v) is 11.4. The highest BCUT2D eigenvalue weighted by Gasteiger charge is 2.37. The van der Waals surface area contributed by atoms with Crippen molar-refractivity contribution < 1.29 is 23.8 Å². The topological polar surface area (TPSA) is 83.0 Å². The van der Waals surface area contributed by atoms with E-state index in [-0.39, 0.29) is 53.6 Å². The van der Waals surface area contributed by atoms with Crippen molar-refractivity contribution in [3.8, 4) is 17.0 Å². The Morgan fingerprint density at radius 1 is 1.33 bits per heavy atom. The molecule has 33 heavy (non-hydrogen) atoms. The highest BCUT2D eigenvalue weighted by atomic mass is 19.1. The summed E-state index contributed by atoms with van der Waals surface area (Å²) in [6.45, 7) is 4.31. The van der Waals surface area contributed by atoms with Gasteiger partial charge in [-0.3, -0.25) is 9.59 Å². The molecule has 3 atom stereocenters. The van der Waals surface area contributed by atoms with Crippen LogP contribution in [0.4, 0.5) is 4.39 Å². The molecule has 176 valence electrons. The van der Waals surface area contributed by atoms with Gasteiger partial charge < -0.3 is 19.6 Å². The maximum absolute atomic E-state index is 13.8. The van der Waals surface area contributed by atoms with Crippen LogP contribution in [0.1, 0.15) is 37.0 Å². The Balaban J connectivity index is 1.70. The third-order valence-electron chi connectivity index (χ3n) is 6.44. The summed E-state index contributed by atoms with van der Waals surface area (Å²) in [5.74, 6) is -0.390. The lowest BCUT2D eigenvalue weighted by molar-refractivity contribution is -0.132. The zero-order chi connectivity index (χ0) is 23.7. The molecule has 1 aromatic carbocycles. The van der Waals surface area contributed by atoms with Gasteiger partial charge in [-0.05, 0) is 43.5 Å². The minimum Gasteiger partial charge on any atom is -0.472 e. The summed E-state index contributed by atoms with van der Waals surface area (Å²) >= 11 is 0. The summed E-state index contributed by atoms with van der Waals surface area (Å²) in [5.41, 5.74) is 1.44. The number of aliphatic hydroxyl groups excluding tert-OH is 1. The van der Waals surface area contributed by atoms with Crippen molar-refractivity contribution in [2.24, 2.45) is 11.8 Å². The van der Waals surface area contributed by atoms with Crippen LogP contribution in [0.15, 0.2) is 36.5 Å². The van der Waals surface area contributed by atoms with Crippen molar-refractivity contribution in [2.45, 2.75) is 38.8 Å². The molecular formula is C25H30FN3O4. The molecule has 0 radical (unpaired) electrons. The largest absolute Gasteiger partial charge is 0.472 e. The van der Waals surface area contributed by atoms with Gasteiger partial charge in [-0.1, -0.05) is 19.1 Å². The lowest BCUT2D eigenvalue weighted by Gasteiger charge is -2.37. The second-order valence-corrected chi connectivity index (χ2v) is 9.20.